The van der Waals surface area contributed by atoms with E-state index in [0.29, 0.717) is 35.9 Å². The topological polar surface area (TPSA) is 129 Å². The second kappa shape index (κ2) is 9.27. The summed E-state index contributed by atoms with van der Waals surface area (Å²) in [5.41, 5.74) is 0.905. The summed E-state index contributed by atoms with van der Waals surface area (Å²) in [5.74, 6) is 0.431. The Hall–Kier alpha value is -3.10. The lowest BCUT2D eigenvalue weighted by atomic mass is 10.0. The van der Waals surface area contributed by atoms with Crippen LogP contribution in [0.3, 0.4) is 0 Å². The minimum Gasteiger partial charge on any atom is -0.350 e. The molecule has 14 heteroatoms. The highest BCUT2D eigenvalue weighted by Crippen LogP contribution is 2.27. The summed E-state index contributed by atoms with van der Waals surface area (Å²) < 4.78 is 51.6. The van der Waals surface area contributed by atoms with Gasteiger partial charge in [-0.2, -0.15) is 9.65 Å². The van der Waals surface area contributed by atoms with Crippen LogP contribution in [0.15, 0.2) is 30.7 Å². The molecule has 1 amide bonds. The zero-order valence-corrected chi connectivity index (χ0v) is 19.6. The van der Waals surface area contributed by atoms with Gasteiger partial charge in [-0.15, -0.1) is 4.72 Å². The molecule has 1 fully saturated rings. The number of fused-ring (bicyclic) bond motifs is 1. The van der Waals surface area contributed by atoms with Crippen molar-refractivity contribution in [3.8, 4) is 11.4 Å². The van der Waals surface area contributed by atoms with Crippen molar-refractivity contribution in [3.63, 3.8) is 0 Å². The fourth-order valence-electron chi connectivity index (χ4n) is 4.11. The third-order valence-corrected chi connectivity index (χ3v) is 6.51. The summed E-state index contributed by atoms with van der Waals surface area (Å²) in [7, 11) is -3.20. The van der Waals surface area contributed by atoms with Gasteiger partial charge in [0, 0.05) is 32.1 Å². The van der Waals surface area contributed by atoms with Crippen LogP contribution in [0.4, 0.5) is 14.6 Å². The van der Waals surface area contributed by atoms with Gasteiger partial charge in [0.25, 0.3) is 16.8 Å². The van der Waals surface area contributed by atoms with Crippen molar-refractivity contribution in [2.75, 3.05) is 30.8 Å². The van der Waals surface area contributed by atoms with Crippen molar-refractivity contribution >= 4 is 27.8 Å². The Morgan fingerprint density at radius 2 is 2.06 bits per heavy atom. The average Bonchev–Trinajstić information content (AvgIpc) is 3.20. The predicted octanol–water partition coefficient (Wildman–Crippen LogP) is 1.66. The van der Waals surface area contributed by atoms with Crippen LogP contribution < -0.4 is 9.62 Å². The number of alkyl halides is 2. The van der Waals surface area contributed by atoms with Crippen molar-refractivity contribution in [3.05, 3.63) is 36.4 Å². The Morgan fingerprint density at radius 1 is 1.29 bits per heavy atom. The van der Waals surface area contributed by atoms with E-state index in [0.717, 1.165) is 0 Å². The fourth-order valence-corrected chi connectivity index (χ4v) is 4.59. The number of halogens is 2. The second-order valence-electron chi connectivity index (χ2n) is 8.10. The van der Waals surface area contributed by atoms with Gasteiger partial charge >= 0.3 is 0 Å². The summed E-state index contributed by atoms with van der Waals surface area (Å²) in [6.07, 6.45) is 1.33. The summed E-state index contributed by atoms with van der Waals surface area (Å²) in [6, 6.07) is 3.77. The molecule has 0 saturated carbocycles. The molecule has 0 aliphatic carbocycles. The van der Waals surface area contributed by atoms with Gasteiger partial charge in [-0.3, -0.25) is 4.79 Å². The van der Waals surface area contributed by atoms with Crippen LogP contribution in [0.2, 0.25) is 0 Å². The molecule has 0 radical (unpaired) electrons. The second-order valence-corrected chi connectivity index (χ2v) is 9.99. The van der Waals surface area contributed by atoms with Crippen LogP contribution >= 0.6 is 0 Å². The monoisotopic (exact) mass is 495 g/mol. The number of amides is 1. The number of aromatic nitrogens is 5. The van der Waals surface area contributed by atoms with Crippen LogP contribution in [0.25, 0.3) is 17.0 Å². The molecular formula is C20H25F2N8O3S+. The predicted molar refractivity (Wildman–Crippen MR) is 122 cm³/mol. The van der Waals surface area contributed by atoms with Crippen molar-refractivity contribution in [2.45, 2.75) is 32.4 Å². The van der Waals surface area contributed by atoms with Gasteiger partial charge in [0.2, 0.25) is 5.91 Å². The number of piperazine rings is 1. The highest BCUT2D eigenvalue weighted by atomic mass is 32.3. The molecule has 0 aromatic carbocycles. The van der Waals surface area contributed by atoms with Crippen molar-refractivity contribution in [1.29, 1.82) is 0 Å². The Balaban J connectivity index is 1.66. The summed E-state index contributed by atoms with van der Waals surface area (Å²) in [6.45, 7) is 4.37. The Kier molecular flexibility index (Phi) is 6.55. The van der Waals surface area contributed by atoms with Gasteiger partial charge in [-0.25, -0.2) is 28.2 Å². The molecule has 1 aliphatic heterocycles. The van der Waals surface area contributed by atoms with Gasteiger partial charge in [0.05, 0.1) is 24.5 Å². The minimum absolute atomic E-state index is 0.120. The number of nitrogens with one attached hydrogen (secondary N) is 1. The molecule has 1 aliphatic rings. The first-order chi connectivity index (χ1) is 16.0. The number of nitrogens with zero attached hydrogens (tertiary/aromatic N) is 7. The lowest BCUT2D eigenvalue weighted by Gasteiger charge is -2.46. The zero-order chi connectivity index (χ0) is 24.6. The third kappa shape index (κ3) is 4.88. The number of hydrogen-bond donors (Lipinski definition) is 2. The molecule has 34 heavy (non-hydrogen) atoms. The van der Waals surface area contributed by atoms with Crippen molar-refractivity contribution in [1.82, 2.24) is 34.2 Å². The van der Waals surface area contributed by atoms with E-state index in [1.807, 2.05) is 11.8 Å². The van der Waals surface area contributed by atoms with Crippen LogP contribution in [0.1, 0.15) is 26.0 Å². The molecule has 4 heterocycles. The number of anilines is 1. The maximum absolute atomic E-state index is 13.2. The lowest BCUT2D eigenvalue weighted by Crippen LogP contribution is -2.63. The molecule has 182 valence electrons. The molecule has 0 bridgehead atoms. The molecule has 3 aromatic rings. The maximum atomic E-state index is 13.2. The average molecular weight is 496 g/mol. The summed E-state index contributed by atoms with van der Waals surface area (Å²) in [5, 5.41) is 3.98. The minimum atomic E-state index is -3.20. The first kappa shape index (κ1) is 24.0. The largest absolute Gasteiger partial charge is 0.350 e. The van der Waals surface area contributed by atoms with Crippen molar-refractivity contribution in [2.24, 2.45) is 0 Å². The van der Waals surface area contributed by atoms with Crippen molar-refractivity contribution < 1.29 is 22.3 Å². The molecular weight excluding hydrogens is 470 g/mol. The van der Waals surface area contributed by atoms with E-state index in [1.54, 1.807) is 11.0 Å². The van der Waals surface area contributed by atoms with Crippen LogP contribution in [0, 0.1) is 0 Å². The van der Waals surface area contributed by atoms with E-state index in [9.17, 15) is 22.3 Å². The van der Waals surface area contributed by atoms with Gasteiger partial charge in [0.1, 0.15) is 23.5 Å². The van der Waals surface area contributed by atoms with Gasteiger partial charge in [0.15, 0.2) is 11.9 Å². The van der Waals surface area contributed by atoms with E-state index >= 15 is 0 Å². The molecule has 1 saturated heterocycles. The van der Waals surface area contributed by atoms with Crippen LogP contribution in [-0.4, -0.2) is 77.9 Å². The molecule has 3 aromatic heterocycles. The quantitative estimate of drug-likeness (QED) is 0.494. The molecule has 4 rings (SSSR count). The highest BCUT2D eigenvalue weighted by Gasteiger charge is 2.37. The van der Waals surface area contributed by atoms with Crippen LogP contribution in [0.5, 0.6) is 0 Å². The summed E-state index contributed by atoms with van der Waals surface area (Å²) in [4.78, 5) is 28.7. The fraction of sp³-hybridized carbons (Fsp3) is 0.450. The molecule has 0 spiro atoms. The first-order valence-corrected chi connectivity index (χ1v) is 12.4. The number of carbonyl (C=O) groups is 1. The van der Waals surface area contributed by atoms with E-state index in [1.165, 1.54) is 42.4 Å². The number of hydrogen-bond acceptors (Lipinski definition) is 7. The van der Waals surface area contributed by atoms with Gasteiger partial charge < -0.3 is 9.80 Å². The smallest absolute Gasteiger partial charge is 0.285 e. The normalized spacial score (nSPS) is 20.7. The molecule has 3 unspecified atom stereocenters. The summed E-state index contributed by atoms with van der Waals surface area (Å²) >= 11 is 0. The number of rotatable bonds is 6. The third-order valence-electron chi connectivity index (χ3n) is 5.81. The molecule has 3 atom stereocenters. The van der Waals surface area contributed by atoms with E-state index in [2.05, 4.69) is 24.8 Å². The first-order valence-electron chi connectivity index (χ1n) is 10.5. The zero-order valence-electron chi connectivity index (χ0n) is 18.8. The van der Waals surface area contributed by atoms with Crippen LogP contribution in [-0.2, 0) is 19.4 Å². The number of carbonyl (C=O) groups excluding carboxylic acids is 1. The molecule has 11 nitrogen and oxygen atoms in total. The standard InChI is InChI=1S/C20H24F2N8O3S/c1-12-16(10-26-34(3,32)33)29(13(2)31)7-6-28(12)19-8-15(24-11-25-19)17-9-23-18-5-4-14(20(21)22)27-30(17)18/h4-5,8-9,11-12,16,20H,6-7,10H2,1-3H3,(H-,26,32,33)/p+1. The van der Waals surface area contributed by atoms with E-state index in [4.69, 9.17) is 0 Å². The molecule has 2 N–H and O–H groups in total. The Bertz CT molecular complexity index is 1250. The highest BCUT2D eigenvalue weighted by molar-refractivity contribution is 7.95. The van der Waals surface area contributed by atoms with E-state index in [-0.39, 0.29) is 30.2 Å². The maximum Gasteiger partial charge on any atom is 0.285 e. The van der Waals surface area contributed by atoms with E-state index < -0.39 is 16.8 Å². The Labute approximate surface area is 195 Å². The van der Waals surface area contributed by atoms with Gasteiger partial charge in [-0.05, 0) is 23.3 Å². The SMILES string of the molecule is CC(=O)N1CCN(c2cc(-c3cnc4ccc(C(F)F)nn34)ncn2)C(C)C1CN[S+](C)(=O)O. The number of imidazole rings is 1. The van der Waals surface area contributed by atoms with Gasteiger partial charge in [-0.1, -0.05) is 0 Å². The lowest BCUT2D eigenvalue weighted by molar-refractivity contribution is -0.132. The Morgan fingerprint density at radius 3 is 2.74 bits per heavy atom.